The van der Waals surface area contributed by atoms with Gasteiger partial charge in [-0.1, -0.05) is 19.3 Å². The smallest absolute Gasteiger partial charge is 0.245 e. The van der Waals surface area contributed by atoms with Crippen LogP contribution in [0.4, 0.5) is 0 Å². The predicted molar refractivity (Wildman–Crippen MR) is 90.8 cm³/mol. The van der Waals surface area contributed by atoms with Crippen molar-refractivity contribution in [2.75, 3.05) is 0 Å². The summed E-state index contributed by atoms with van der Waals surface area (Å²) in [6.45, 7) is 3.76. The SMILES string of the molecule is Cc1nn(C)c(C)c1/C=C\C(=O)[C@H](C#N)C(=O)NC1CCCCC1. The minimum Gasteiger partial charge on any atom is -0.352 e. The molecule has 2 rings (SSSR count). The molecule has 128 valence electrons. The van der Waals surface area contributed by atoms with Crippen LogP contribution >= 0.6 is 0 Å². The molecular weight excluding hydrogens is 304 g/mol. The van der Waals surface area contributed by atoms with Crippen LogP contribution in [0.25, 0.3) is 6.08 Å². The van der Waals surface area contributed by atoms with Gasteiger partial charge in [-0.05, 0) is 38.8 Å². The summed E-state index contributed by atoms with van der Waals surface area (Å²) in [6.07, 6.45) is 8.12. The number of carbonyl (C=O) groups excluding carboxylic acids is 2. The largest absolute Gasteiger partial charge is 0.352 e. The third-order valence-corrected chi connectivity index (χ3v) is 4.61. The van der Waals surface area contributed by atoms with Crippen molar-refractivity contribution in [1.29, 1.82) is 5.26 Å². The van der Waals surface area contributed by atoms with Crippen molar-refractivity contribution in [3.63, 3.8) is 0 Å². The lowest BCUT2D eigenvalue weighted by Gasteiger charge is -2.23. The summed E-state index contributed by atoms with van der Waals surface area (Å²) in [5.41, 5.74) is 2.58. The molecule has 0 spiro atoms. The Morgan fingerprint density at radius 2 is 2.00 bits per heavy atom. The molecule has 1 aromatic rings. The van der Waals surface area contributed by atoms with Crippen LogP contribution in [-0.2, 0) is 16.6 Å². The van der Waals surface area contributed by atoms with Crippen LogP contribution in [0.3, 0.4) is 0 Å². The van der Waals surface area contributed by atoms with Gasteiger partial charge in [0.15, 0.2) is 11.7 Å². The average Bonchev–Trinajstić information content (AvgIpc) is 2.79. The number of aryl methyl sites for hydroxylation is 2. The second-order valence-corrected chi connectivity index (χ2v) is 6.35. The van der Waals surface area contributed by atoms with E-state index >= 15 is 0 Å². The van der Waals surface area contributed by atoms with Gasteiger partial charge in [-0.25, -0.2) is 0 Å². The van der Waals surface area contributed by atoms with E-state index in [9.17, 15) is 14.9 Å². The maximum Gasteiger partial charge on any atom is 0.245 e. The van der Waals surface area contributed by atoms with Gasteiger partial charge in [-0.2, -0.15) is 10.4 Å². The van der Waals surface area contributed by atoms with Crippen molar-refractivity contribution in [2.24, 2.45) is 13.0 Å². The van der Waals surface area contributed by atoms with E-state index in [4.69, 9.17) is 0 Å². The highest BCUT2D eigenvalue weighted by Gasteiger charge is 2.27. The number of nitriles is 1. The van der Waals surface area contributed by atoms with Crippen molar-refractivity contribution in [1.82, 2.24) is 15.1 Å². The molecule has 24 heavy (non-hydrogen) atoms. The Morgan fingerprint density at radius 3 is 2.54 bits per heavy atom. The lowest BCUT2D eigenvalue weighted by molar-refractivity contribution is -0.130. The first-order valence-electron chi connectivity index (χ1n) is 8.36. The molecule has 1 aliphatic rings. The third-order valence-electron chi connectivity index (χ3n) is 4.61. The van der Waals surface area contributed by atoms with E-state index in [1.165, 1.54) is 12.5 Å². The summed E-state index contributed by atoms with van der Waals surface area (Å²) in [5, 5.41) is 16.3. The molecule has 0 bridgehead atoms. The molecule has 1 N–H and O–H groups in total. The Labute approximate surface area is 142 Å². The number of hydrogen-bond donors (Lipinski definition) is 1. The third kappa shape index (κ3) is 4.10. The molecule has 1 aliphatic carbocycles. The quantitative estimate of drug-likeness (QED) is 0.663. The van der Waals surface area contributed by atoms with Crippen molar-refractivity contribution < 1.29 is 9.59 Å². The molecule has 0 aromatic carbocycles. The molecule has 1 amide bonds. The van der Waals surface area contributed by atoms with Gasteiger partial charge in [0.25, 0.3) is 0 Å². The predicted octanol–water partition coefficient (Wildman–Crippen LogP) is 2.21. The van der Waals surface area contributed by atoms with Gasteiger partial charge in [0.2, 0.25) is 5.91 Å². The summed E-state index contributed by atoms with van der Waals surface area (Å²) in [7, 11) is 1.83. The molecular formula is C18H24N4O2. The normalized spacial score (nSPS) is 16.8. The van der Waals surface area contributed by atoms with E-state index in [2.05, 4.69) is 10.4 Å². The first-order valence-corrected chi connectivity index (χ1v) is 8.36. The minimum atomic E-state index is -1.29. The van der Waals surface area contributed by atoms with E-state index in [0.29, 0.717) is 0 Å². The molecule has 1 fully saturated rings. The summed E-state index contributed by atoms with van der Waals surface area (Å²) >= 11 is 0. The average molecular weight is 328 g/mol. The molecule has 0 saturated heterocycles. The number of carbonyl (C=O) groups is 2. The highest BCUT2D eigenvalue weighted by molar-refractivity contribution is 6.10. The Hall–Kier alpha value is -2.42. The van der Waals surface area contributed by atoms with Crippen LogP contribution in [0.15, 0.2) is 6.08 Å². The van der Waals surface area contributed by atoms with Crippen LogP contribution < -0.4 is 5.32 Å². The fourth-order valence-electron chi connectivity index (χ4n) is 3.08. The lowest BCUT2D eigenvalue weighted by Crippen LogP contribution is -2.41. The van der Waals surface area contributed by atoms with Gasteiger partial charge in [0.05, 0.1) is 11.8 Å². The van der Waals surface area contributed by atoms with Crippen molar-refractivity contribution in [3.05, 3.63) is 23.0 Å². The highest BCUT2D eigenvalue weighted by atomic mass is 16.2. The number of ketones is 1. The van der Waals surface area contributed by atoms with Crippen molar-refractivity contribution in [2.45, 2.75) is 52.0 Å². The van der Waals surface area contributed by atoms with E-state index < -0.39 is 17.6 Å². The van der Waals surface area contributed by atoms with E-state index in [1.54, 1.807) is 10.8 Å². The number of aromatic nitrogens is 2. The van der Waals surface area contributed by atoms with Gasteiger partial charge in [-0.3, -0.25) is 14.3 Å². The molecule has 1 saturated carbocycles. The Balaban J connectivity index is 2.04. The van der Waals surface area contributed by atoms with Gasteiger partial charge in [0.1, 0.15) is 0 Å². The highest BCUT2D eigenvalue weighted by Crippen LogP contribution is 2.18. The van der Waals surface area contributed by atoms with Crippen molar-refractivity contribution in [3.8, 4) is 6.07 Å². The zero-order valence-electron chi connectivity index (χ0n) is 14.5. The molecule has 0 radical (unpaired) electrons. The molecule has 6 nitrogen and oxygen atoms in total. The Bertz CT molecular complexity index is 691. The number of nitrogens with one attached hydrogen (secondary N) is 1. The van der Waals surface area contributed by atoms with Gasteiger partial charge in [-0.15, -0.1) is 0 Å². The lowest BCUT2D eigenvalue weighted by atomic mass is 9.94. The molecule has 1 heterocycles. The topological polar surface area (TPSA) is 87.8 Å². The maximum atomic E-state index is 12.3. The van der Waals surface area contributed by atoms with Crippen LogP contribution in [-0.4, -0.2) is 27.5 Å². The Kier molecular flexibility index (Phi) is 5.91. The van der Waals surface area contributed by atoms with Crippen molar-refractivity contribution >= 4 is 17.8 Å². The van der Waals surface area contributed by atoms with E-state index in [1.807, 2.05) is 27.0 Å². The fourth-order valence-corrected chi connectivity index (χ4v) is 3.08. The van der Waals surface area contributed by atoms with Crippen LogP contribution in [0, 0.1) is 31.1 Å². The maximum absolute atomic E-state index is 12.3. The second kappa shape index (κ2) is 7.91. The molecule has 6 heteroatoms. The number of nitrogens with zero attached hydrogens (tertiary/aromatic N) is 3. The van der Waals surface area contributed by atoms with E-state index in [-0.39, 0.29) is 6.04 Å². The monoisotopic (exact) mass is 328 g/mol. The molecule has 1 aromatic heterocycles. The zero-order chi connectivity index (χ0) is 17.7. The summed E-state index contributed by atoms with van der Waals surface area (Å²) in [6, 6.07) is 1.91. The van der Waals surface area contributed by atoms with E-state index in [0.717, 1.165) is 42.6 Å². The van der Waals surface area contributed by atoms with Gasteiger partial charge in [0, 0.05) is 24.3 Å². The minimum absolute atomic E-state index is 0.0849. The number of allylic oxidation sites excluding steroid dienone is 1. The first-order chi connectivity index (χ1) is 11.4. The first kappa shape index (κ1) is 17.9. The number of hydrogen-bond acceptors (Lipinski definition) is 4. The number of amides is 1. The fraction of sp³-hybridized carbons (Fsp3) is 0.556. The molecule has 1 atom stereocenters. The summed E-state index contributed by atoms with van der Waals surface area (Å²) < 4.78 is 1.73. The second-order valence-electron chi connectivity index (χ2n) is 6.35. The Morgan fingerprint density at radius 1 is 1.33 bits per heavy atom. The standard InChI is InChI=1S/C18H24N4O2/c1-12-15(13(2)22(3)21-12)9-10-17(23)16(11-19)18(24)20-14-7-5-4-6-8-14/h9-10,14,16H,4-8H2,1-3H3,(H,20,24)/b10-9-/t16-/m0/s1. The summed E-state index contributed by atoms with van der Waals surface area (Å²) in [5.74, 6) is -2.27. The summed E-state index contributed by atoms with van der Waals surface area (Å²) in [4.78, 5) is 24.5. The van der Waals surface area contributed by atoms with Gasteiger partial charge >= 0.3 is 0 Å². The van der Waals surface area contributed by atoms with Crippen LogP contribution in [0.1, 0.15) is 49.1 Å². The molecule has 0 aliphatic heterocycles. The molecule has 0 unspecified atom stereocenters. The zero-order valence-corrected chi connectivity index (χ0v) is 14.5. The van der Waals surface area contributed by atoms with Crippen LogP contribution in [0.5, 0.6) is 0 Å². The number of rotatable bonds is 5. The van der Waals surface area contributed by atoms with Gasteiger partial charge < -0.3 is 5.32 Å². The van der Waals surface area contributed by atoms with Crippen LogP contribution in [0.2, 0.25) is 0 Å².